The van der Waals surface area contributed by atoms with Crippen LogP contribution in [0.15, 0.2) is 18.2 Å². The van der Waals surface area contributed by atoms with Gasteiger partial charge < -0.3 is 15.3 Å². The summed E-state index contributed by atoms with van der Waals surface area (Å²) in [6.45, 7) is 2.21. The molecule has 1 aliphatic heterocycles. The van der Waals surface area contributed by atoms with Gasteiger partial charge in [0, 0.05) is 32.1 Å². The second-order valence-electron chi connectivity index (χ2n) is 4.87. The van der Waals surface area contributed by atoms with E-state index in [1.54, 1.807) is 4.90 Å². The van der Waals surface area contributed by atoms with Gasteiger partial charge >= 0.3 is 5.97 Å². The van der Waals surface area contributed by atoms with Crippen LogP contribution in [-0.4, -0.2) is 41.0 Å². The summed E-state index contributed by atoms with van der Waals surface area (Å²) in [5, 5.41) is 23.1. The lowest BCUT2D eigenvalue weighted by Gasteiger charge is -2.20. The highest BCUT2D eigenvalue weighted by Gasteiger charge is 2.31. The summed E-state index contributed by atoms with van der Waals surface area (Å²) in [6.07, 6.45) is 0.616. The Labute approximate surface area is 120 Å². The first-order valence-electron chi connectivity index (χ1n) is 6.43. The van der Waals surface area contributed by atoms with Crippen LogP contribution in [0.1, 0.15) is 23.7 Å². The number of carboxylic acid groups (broad SMARTS) is 1. The number of anilines is 1. The Morgan fingerprint density at radius 3 is 2.76 bits per heavy atom. The number of aromatic carboxylic acids is 1. The molecule has 0 bridgehead atoms. The van der Waals surface area contributed by atoms with Crippen LogP contribution in [0, 0.1) is 10.1 Å². The van der Waals surface area contributed by atoms with Crippen molar-refractivity contribution in [2.45, 2.75) is 19.4 Å². The number of carbonyl (C=O) groups excluding carboxylic acids is 1. The van der Waals surface area contributed by atoms with Crippen LogP contribution >= 0.6 is 0 Å². The smallest absolute Gasteiger partial charge is 0.338 e. The van der Waals surface area contributed by atoms with Crippen LogP contribution in [-0.2, 0) is 4.79 Å². The zero-order valence-corrected chi connectivity index (χ0v) is 11.4. The van der Waals surface area contributed by atoms with E-state index in [1.165, 1.54) is 25.1 Å². The molecule has 1 saturated heterocycles. The van der Waals surface area contributed by atoms with E-state index in [0.717, 1.165) is 0 Å². The monoisotopic (exact) mass is 293 g/mol. The molecule has 1 aliphatic rings. The van der Waals surface area contributed by atoms with Crippen molar-refractivity contribution in [2.75, 3.05) is 18.0 Å². The molecule has 0 radical (unpaired) electrons. The van der Waals surface area contributed by atoms with E-state index in [4.69, 9.17) is 0 Å². The van der Waals surface area contributed by atoms with Crippen molar-refractivity contribution in [1.82, 2.24) is 5.32 Å². The summed E-state index contributed by atoms with van der Waals surface area (Å²) in [7, 11) is 0. The predicted octanol–water partition coefficient (Wildman–Crippen LogP) is 1.01. The highest BCUT2D eigenvalue weighted by molar-refractivity contribution is 5.97. The quantitative estimate of drug-likeness (QED) is 0.632. The van der Waals surface area contributed by atoms with Gasteiger partial charge in [0.15, 0.2) is 0 Å². The number of benzene rings is 1. The van der Waals surface area contributed by atoms with Crippen molar-refractivity contribution >= 4 is 23.3 Å². The number of amides is 1. The van der Waals surface area contributed by atoms with E-state index in [2.05, 4.69) is 5.32 Å². The van der Waals surface area contributed by atoms with Crippen molar-refractivity contribution in [3.8, 4) is 0 Å². The average molecular weight is 293 g/mol. The zero-order chi connectivity index (χ0) is 15.6. The zero-order valence-electron chi connectivity index (χ0n) is 11.4. The molecule has 1 amide bonds. The second-order valence-corrected chi connectivity index (χ2v) is 4.87. The summed E-state index contributed by atoms with van der Waals surface area (Å²) in [6, 6.07) is 3.85. The normalized spacial score (nSPS) is 17.6. The molecule has 0 aliphatic carbocycles. The van der Waals surface area contributed by atoms with Crippen molar-refractivity contribution < 1.29 is 19.6 Å². The number of para-hydroxylation sites is 1. The molecular weight excluding hydrogens is 278 g/mol. The number of carboxylic acids is 1. The summed E-state index contributed by atoms with van der Waals surface area (Å²) in [4.78, 5) is 34.5. The summed E-state index contributed by atoms with van der Waals surface area (Å²) >= 11 is 0. The Hall–Kier alpha value is -2.64. The molecule has 1 fully saturated rings. The van der Waals surface area contributed by atoms with Crippen molar-refractivity contribution in [2.24, 2.45) is 0 Å². The molecule has 1 aromatic carbocycles. The van der Waals surface area contributed by atoms with E-state index in [1.807, 2.05) is 0 Å². The number of nitro groups is 1. The number of nitro benzene ring substituents is 1. The molecular formula is C13H15N3O5. The van der Waals surface area contributed by atoms with E-state index >= 15 is 0 Å². The number of rotatable bonds is 4. The first-order chi connectivity index (χ1) is 9.90. The molecule has 1 aromatic rings. The molecule has 1 unspecified atom stereocenters. The molecule has 112 valence electrons. The number of hydrogen-bond donors (Lipinski definition) is 2. The van der Waals surface area contributed by atoms with Gasteiger partial charge in [0.25, 0.3) is 5.69 Å². The topological polar surface area (TPSA) is 113 Å². The van der Waals surface area contributed by atoms with Gasteiger partial charge in [0.05, 0.1) is 10.5 Å². The fourth-order valence-electron chi connectivity index (χ4n) is 2.55. The first-order valence-corrected chi connectivity index (χ1v) is 6.43. The number of carbonyl (C=O) groups is 2. The third-order valence-electron chi connectivity index (χ3n) is 3.35. The van der Waals surface area contributed by atoms with Gasteiger partial charge in [-0.1, -0.05) is 6.07 Å². The third-order valence-corrected chi connectivity index (χ3v) is 3.35. The van der Waals surface area contributed by atoms with Crippen LogP contribution in [0.3, 0.4) is 0 Å². The minimum Gasteiger partial charge on any atom is -0.478 e. The molecule has 2 N–H and O–H groups in total. The standard InChI is InChI=1S/C13H15N3O5/c1-8(17)14-9-5-6-15(7-9)12-10(13(18)19)3-2-4-11(12)16(20)21/h2-4,9H,5-7H2,1H3,(H,14,17)(H,18,19). The minimum absolute atomic E-state index is 0.0999. The maximum Gasteiger partial charge on any atom is 0.338 e. The number of nitrogens with zero attached hydrogens (tertiary/aromatic N) is 2. The second kappa shape index (κ2) is 5.78. The van der Waals surface area contributed by atoms with Crippen LogP contribution in [0.5, 0.6) is 0 Å². The fourth-order valence-corrected chi connectivity index (χ4v) is 2.55. The van der Waals surface area contributed by atoms with E-state index in [0.29, 0.717) is 19.5 Å². The third kappa shape index (κ3) is 3.10. The SMILES string of the molecule is CC(=O)NC1CCN(c2c(C(=O)O)cccc2[N+](=O)[O-])C1. The van der Waals surface area contributed by atoms with Crippen molar-refractivity contribution in [1.29, 1.82) is 0 Å². The fraction of sp³-hybridized carbons (Fsp3) is 0.385. The van der Waals surface area contributed by atoms with E-state index in [-0.39, 0.29) is 28.9 Å². The van der Waals surface area contributed by atoms with Gasteiger partial charge in [-0.25, -0.2) is 4.79 Å². The molecule has 0 spiro atoms. The first kappa shape index (κ1) is 14.8. The highest BCUT2D eigenvalue weighted by Crippen LogP contribution is 2.34. The van der Waals surface area contributed by atoms with Gasteiger partial charge in [0.2, 0.25) is 5.91 Å². The van der Waals surface area contributed by atoms with Crippen LogP contribution in [0.4, 0.5) is 11.4 Å². The van der Waals surface area contributed by atoms with Crippen LogP contribution in [0.2, 0.25) is 0 Å². The van der Waals surface area contributed by atoms with Gasteiger partial charge in [-0.3, -0.25) is 14.9 Å². The van der Waals surface area contributed by atoms with Crippen molar-refractivity contribution in [3.63, 3.8) is 0 Å². The Balaban J connectivity index is 2.36. The Kier molecular flexibility index (Phi) is 4.06. The lowest BCUT2D eigenvalue weighted by atomic mass is 10.1. The molecule has 0 aromatic heterocycles. The Morgan fingerprint density at radius 1 is 1.48 bits per heavy atom. The van der Waals surface area contributed by atoms with Gasteiger partial charge in [0.1, 0.15) is 5.69 Å². The summed E-state index contributed by atoms with van der Waals surface area (Å²) < 4.78 is 0. The molecule has 0 saturated carbocycles. The predicted molar refractivity (Wildman–Crippen MR) is 74.5 cm³/mol. The minimum atomic E-state index is -1.21. The highest BCUT2D eigenvalue weighted by atomic mass is 16.6. The lowest BCUT2D eigenvalue weighted by Crippen LogP contribution is -2.36. The van der Waals surface area contributed by atoms with Crippen molar-refractivity contribution in [3.05, 3.63) is 33.9 Å². The molecule has 21 heavy (non-hydrogen) atoms. The number of nitrogens with one attached hydrogen (secondary N) is 1. The van der Waals surface area contributed by atoms with Gasteiger partial charge in [-0.2, -0.15) is 0 Å². The molecule has 1 heterocycles. The largest absolute Gasteiger partial charge is 0.478 e. The Morgan fingerprint density at radius 2 is 2.19 bits per heavy atom. The van der Waals surface area contributed by atoms with E-state index < -0.39 is 10.9 Å². The summed E-state index contributed by atoms with van der Waals surface area (Å²) in [5.74, 6) is -1.39. The molecule has 8 heteroatoms. The average Bonchev–Trinajstić information content (AvgIpc) is 2.84. The maximum absolute atomic E-state index is 11.3. The van der Waals surface area contributed by atoms with Gasteiger partial charge in [-0.05, 0) is 12.5 Å². The lowest BCUT2D eigenvalue weighted by molar-refractivity contribution is -0.384. The van der Waals surface area contributed by atoms with Crippen LogP contribution < -0.4 is 10.2 Å². The molecule has 8 nitrogen and oxygen atoms in total. The maximum atomic E-state index is 11.3. The molecule has 2 rings (SSSR count). The Bertz CT molecular complexity index is 569. The number of hydrogen-bond acceptors (Lipinski definition) is 5. The van der Waals surface area contributed by atoms with Crippen LogP contribution in [0.25, 0.3) is 0 Å². The van der Waals surface area contributed by atoms with E-state index in [9.17, 15) is 24.8 Å². The van der Waals surface area contributed by atoms with Gasteiger partial charge in [-0.15, -0.1) is 0 Å². The molecule has 1 atom stereocenters. The summed E-state index contributed by atoms with van der Waals surface area (Å²) in [5.41, 5.74) is -0.242.